The van der Waals surface area contributed by atoms with Crippen molar-refractivity contribution in [1.82, 2.24) is 19.4 Å². The Morgan fingerprint density at radius 1 is 1.14 bits per heavy atom. The number of benzene rings is 2. The van der Waals surface area contributed by atoms with E-state index < -0.39 is 33.2 Å². The van der Waals surface area contributed by atoms with E-state index in [2.05, 4.69) is 22.6 Å². The second kappa shape index (κ2) is 11.4. The van der Waals surface area contributed by atoms with Crippen LogP contribution in [0.1, 0.15) is 12.0 Å². The SMILES string of the molecule is C=CC(=O)N1CCN(c2nc(=O)n(-c3c(C)cccc3S(C)(=O)=O)c3nc(-c4ccccc4F)c(F)cc23)CC1CC#N. The molecule has 0 saturated carbocycles. The molecule has 2 aromatic heterocycles. The first-order valence-corrected chi connectivity index (χ1v) is 15.1. The van der Waals surface area contributed by atoms with Crippen LogP contribution < -0.4 is 10.6 Å². The number of anilines is 1. The number of hydrogen-bond donors (Lipinski definition) is 0. The van der Waals surface area contributed by atoms with Crippen LogP contribution in [0.25, 0.3) is 28.0 Å². The van der Waals surface area contributed by atoms with Crippen molar-refractivity contribution >= 4 is 32.6 Å². The first kappa shape index (κ1) is 29.5. The summed E-state index contributed by atoms with van der Waals surface area (Å²) in [6.07, 6.45) is 2.13. The number of sulfone groups is 1. The minimum Gasteiger partial charge on any atom is -0.352 e. The highest BCUT2D eigenvalue weighted by Gasteiger charge is 2.32. The monoisotopic (exact) mass is 604 g/mol. The number of carbonyl (C=O) groups excluding carboxylic acids is 1. The van der Waals surface area contributed by atoms with E-state index in [1.54, 1.807) is 17.9 Å². The zero-order valence-corrected chi connectivity index (χ0v) is 24.1. The highest BCUT2D eigenvalue weighted by atomic mass is 32.2. The number of para-hydroxylation sites is 1. The minimum absolute atomic E-state index is 0.0126. The summed E-state index contributed by atoms with van der Waals surface area (Å²) in [5.41, 5.74) is -1.18. The van der Waals surface area contributed by atoms with Gasteiger partial charge in [-0.2, -0.15) is 10.2 Å². The van der Waals surface area contributed by atoms with E-state index in [9.17, 15) is 27.7 Å². The normalized spacial score (nSPS) is 15.4. The summed E-state index contributed by atoms with van der Waals surface area (Å²) in [7, 11) is -3.86. The van der Waals surface area contributed by atoms with Gasteiger partial charge >= 0.3 is 5.69 Å². The van der Waals surface area contributed by atoms with Crippen LogP contribution in [0, 0.1) is 29.9 Å². The average molecular weight is 605 g/mol. The molecule has 2 aromatic carbocycles. The molecular weight excluding hydrogens is 578 g/mol. The summed E-state index contributed by atoms with van der Waals surface area (Å²) in [6.45, 7) is 5.57. The number of aromatic nitrogens is 3. The van der Waals surface area contributed by atoms with Gasteiger partial charge in [0.1, 0.15) is 23.1 Å². The van der Waals surface area contributed by atoms with E-state index in [-0.39, 0.29) is 70.7 Å². The zero-order valence-electron chi connectivity index (χ0n) is 23.3. The number of fused-ring (bicyclic) bond motifs is 1. The Balaban J connectivity index is 1.83. The summed E-state index contributed by atoms with van der Waals surface area (Å²) in [4.78, 5) is 37.9. The predicted octanol–water partition coefficient (Wildman–Crippen LogP) is 3.55. The van der Waals surface area contributed by atoms with Crippen LogP contribution in [0.2, 0.25) is 0 Å². The quantitative estimate of drug-likeness (QED) is 0.306. The van der Waals surface area contributed by atoms with Gasteiger partial charge in [0, 0.05) is 31.5 Å². The molecule has 0 N–H and O–H groups in total. The first-order chi connectivity index (χ1) is 20.5. The number of piperazine rings is 1. The van der Waals surface area contributed by atoms with Crippen molar-refractivity contribution in [2.24, 2.45) is 0 Å². The highest BCUT2D eigenvalue weighted by Crippen LogP contribution is 2.33. The van der Waals surface area contributed by atoms with E-state index in [4.69, 9.17) is 0 Å². The third kappa shape index (κ3) is 5.37. The molecule has 10 nitrogen and oxygen atoms in total. The van der Waals surface area contributed by atoms with Crippen molar-refractivity contribution < 1.29 is 22.0 Å². The Kier molecular flexibility index (Phi) is 7.81. The molecule has 43 heavy (non-hydrogen) atoms. The molecule has 1 fully saturated rings. The maximum absolute atomic E-state index is 15.8. The third-order valence-corrected chi connectivity index (χ3v) is 8.45. The Morgan fingerprint density at radius 3 is 2.56 bits per heavy atom. The number of nitrogens with zero attached hydrogens (tertiary/aromatic N) is 6. The van der Waals surface area contributed by atoms with Crippen molar-refractivity contribution in [3.05, 3.63) is 88.9 Å². The summed E-state index contributed by atoms with van der Waals surface area (Å²) < 4.78 is 57.2. The summed E-state index contributed by atoms with van der Waals surface area (Å²) in [5, 5.41) is 9.46. The molecule has 1 saturated heterocycles. The zero-order chi connectivity index (χ0) is 31.1. The number of pyridine rings is 1. The van der Waals surface area contributed by atoms with Crippen molar-refractivity contribution in [1.29, 1.82) is 5.26 Å². The number of hydrogen-bond acceptors (Lipinski definition) is 8. The van der Waals surface area contributed by atoms with E-state index in [0.717, 1.165) is 29.0 Å². The molecule has 0 spiro atoms. The number of amides is 1. The number of aryl methyl sites for hydroxylation is 1. The molecule has 0 radical (unpaired) electrons. The van der Waals surface area contributed by atoms with Gasteiger partial charge in [-0.05, 0) is 42.8 Å². The fourth-order valence-electron chi connectivity index (χ4n) is 5.34. The molecule has 3 heterocycles. The molecule has 13 heteroatoms. The van der Waals surface area contributed by atoms with Crippen LogP contribution in [-0.2, 0) is 14.6 Å². The van der Waals surface area contributed by atoms with Gasteiger partial charge in [-0.1, -0.05) is 30.8 Å². The lowest BCUT2D eigenvalue weighted by Gasteiger charge is -2.41. The van der Waals surface area contributed by atoms with Crippen LogP contribution in [0.3, 0.4) is 0 Å². The first-order valence-electron chi connectivity index (χ1n) is 13.2. The molecule has 0 aliphatic carbocycles. The van der Waals surface area contributed by atoms with E-state index in [1.165, 1.54) is 35.2 Å². The van der Waals surface area contributed by atoms with E-state index >= 15 is 4.39 Å². The molecule has 1 aliphatic rings. The standard InChI is InChI=1S/C30H26F2N6O4S/c1-4-25(39)37-15-14-36(17-19(37)12-13-33)28-21-16-23(32)26(20-9-5-6-10-22(20)31)34-29(21)38(30(40)35-28)27-18(2)8-7-11-24(27)43(3,41)42/h4-11,16,19H,1,12,14-15,17H2,2-3H3. The average Bonchev–Trinajstić information content (AvgIpc) is 2.97. The number of carbonyl (C=O) groups is 1. The lowest BCUT2D eigenvalue weighted by Crippen LogP contribution is -2.55. The Hall–Kier alpha value is -4.96. The number of halogens is 2. The lowest BCUT2D eigenvalue weighted by molar-refractivity contribution is -0.128. The molecule has 1 unspecified atom stereocenters. The van der Waals surface area contributed by atoms with Gasteiger partial charge in [-0.25, -0.2) is 31.5 Å². The Labute approximate surface area is 246 Å². The van der Waals surface area contributed by atoms with Gasteiger partial charge in [0.25, 0.3) is 0 Å². The molecule has 220 valence electrons. The molecule has 4 aromatic rings. The smallest absolute Gasteiger partial charge is 0.352 e. The molecule has 0 bridgehead atoms. The van der Waals surface area contributed by atoms with Crippen molar-refractivity contribution in [2.45, 2.75) is 24.3 Å². The lowest BCUT2D eigenvalue weighted by atomic mass is 10.1. The van der Waals surface area contributed by atoms with Gasteiger partial charge < -0.3 is 9.80 Å². The van der Waals surface area contributed by atoms with Crippen LogP contribution >= 0.6 is 0 Å². The maximum atomic E-state index is 15.8. The molecule has 1 amide bonds. The van der Waals surface area contributed by atoms with Crippen molar-refractivity contribution in [2.75, 3.05) is 30.8 Å². The van der Waals surface area contributed by atoms with Crippen LogP contribution in [0.4, 0.5) is 14.6 Å². The van der Waals surface area contributed by atoms with Gasteiger partial charge in [0.2, 0.25) is 5.91 Å². The second-order valence-corrected chi connectivity index (χ2v) is 12.1. The van der Waals surface area contributed by atoms with Gasteiger partial charge in [0.05, 0.1) is 34.5 Å². The summed E-state index contributed by atoms with van der Waals surface area (Å²) >= 11 is 0. The van der Waals surface area contributed by atoms with Gasteiger partial charge in [0.15, 0.2) is 15.5 Å². The summed E-state index contributed by atoms with van der Waals surface area (Å²) in [5.74, 6) is -1.96. The fourth-order valence-corrected chi connectivity index (χ4v) is 6.27. The molecule has 5 rings (SSSR count). The third-order valence-electron chi connectivity index (χ3n) is 7.32. The van der Waals surface area contributed by atoms with Crippen molar-refractivity contribution in [3.63, 3.8) is 0 Å². The highest BCUT2D eigenvalue weighted by molar-refractivity contribution is 7.90. The molecular formula is C30H26F2N6O4S. The summed E-state index contributed by atoms with van der Waals surface area (Å²) in [6, 6.07) is 12.5. The second-order valence-electron chi connectivity index (χ2n) is 10.1. The van der Waals surface area contributed by atoms with Gasteiger partial charge in [-0.3, -0.25) is 4.79 Å². The fraction of sp³-hybridized carbons (Fsp3) is 0.233. The number of rotatable bonds is 6. The van der Waals surface area contributed by atoms with E-state index in [1.807, 2.05) is 0 Å². The number of nitriles is 1. The van der Waals surface area contributed by atoms with Gasteiger partial charge in [-0.15, -0.1) is 0 Å². The molecule has 1 aliphatic heterocycles. The van der Waals surface area contributed by atoms with E-state index in [0.29, 0.717) is 5.56 Å². The Bertz CT molecular complexity index is 2000. The van der Waals surface area contributed by atoms with Crippen LogP contribution in [-0.4, -0.2) is 65.7 Å². The molecule has 1 atom stereocenters. The largest absolute Gasteiger partial charge is 0.355 e. The minimum atomic E-state index is -3.86. The Morgan fingerprint density at radius 2 is 1.88 bits per heavy atom. The van der Waals surface area contributed by atoms with Crippen molar-refractivity contribution in [3.8, 4) is 23.0 Å². The maximum Gasteiger partial charge on any atom is 0.355 e. The topological polar surface area (TPSA) is 129 Å². The van der Waals surface area contributed by atoms with Crippen LogP contribution in [0.15, 0.2) is 70.9 Å². The van der Waals surface area contributed by atoms with Crippen LogP contribution in [0.5, 0.6) is 0 Å². The predicted molar refractivity (Wildman–Crippen MR) is 156 cm³/mol.